The molecule has 1 saturated heterocycles. The van der Waals surface area contributed by atoms with E-state index >= 15 is 0 Å². The van der Waals surface area contributed by atoms with E-state index in [1.54, 1.807) is 19.2 Å². The average molecular weight is 466 g/mol. The van der Waals surface area contributed by atoms with Crippen molar-refractivity contribution in [3.05, 3.63) is 42.3 Å². The molecular formula is C18H20FN6O6P. The first kappa shape index (κ1) is 23.4. The zero-order chi connectivity index (χ0) is 23.3. The number of amidine groups is 1. The van der Waals surface area contributed by atoms with Crippen LogP contribution in [0.5, 0.6) is 0 Å². The second kappa shape index (κ2) is 9.94. The van der Waals surface area contributed by atoms with Gasteiger partial charge in [-0.2, -0.15) is 0 Å². The third-order valence-corrected chi connectivity index (χ3v) is 4.74. The van der Waals surface area contributed by atoms with Gasteiger partial charge in [-0.1, -0.05) is 0 Å². The van der Waals surface area contributed by atoms with Crippen LogP contribution in [0.3, 0.4) is 0 Å². The molecule has 3 rings (SSSR count). The molecule has 2 aromatic rings. The summed E-state index contributed by atoms with van der Waals surface area (Å²) in [4.78, 5) is 39.0. The van der Waals surface area contributed by atoms with Crippen LogP contribution < -0.4 is 15.8 Å². The van der Waals surface area contributed by atoms with Crippen molar-refractivity contribution in [1.82, 2.24) is 15.8 Å². The molecule has 12 nitrogen and oxygen atoms in total. The Balaban J connectivity index is 1.73. The van der Waals surface area contributed by atoms with Gasteiger partial charge in [-0.3, -0.25) is 9.42 Å². The van der Waals surface area contributed by atoms with E-state index in [-0.39, 0.29) is 23.6 Å². The van der Waals surface area contributed by atoms with Crippen LogP contribution in [-0.2, 0) is 13.8 Å². The van der Waals surface area contributed by atoms with Crippen LogP contribution in [0, 0.1) is 11.2 Å². The smallest absolute Gasteiger partial charge is 0.441 e. The Bertz CT molecular complexity index is 1080. The normalized spacial score (nSPS) is 16.8. The predicted octanol–water partition coefficient (Wildman–Crippen LogP) is 1.73. The number of aromatic nitrogens is 1. The number of hydrogen-bond acceptors (Lipinski definition) is 8. The first-order valence-electron chi connectivity index (χ1n) is 9.16. The molecule has 0 aliphatic carbocycles. The van der Waals surface area contributed by atoms with Crippen LogP contribution in [0.25, 0.3) is 11.1 Å². The molecule has 2 heterocycles. The summed E-state index contributed by atoms with van der Waals surface area (Å²) in [6, 6.07) is 7.32. The topological polar surface area (TPSA) is 169 Å². The molecule has 14 heteroatoms. The van der Waals surface area contributed by atoms with Crippen molar-refractivity contribution in [1.29, 1.82) is 5.41 Å². The molecule has 0 saturated carbocycles. The molecule has 32 heavy (non-hydrogen) atoms. The van der Waals surface area contributed by atoms with E-state index < -0.39 is 32.4 Å². The Morgan fingerprint density at radius 3 is 2.84 bits per heavy atom. The molecule has 170 valence electrons. The van der Waals surface area contributed by atoms with Gasteiger partial charge in [0.25, 0.3) is 0 Å². The van der Waals surface area contributed by atoms with Crippen LogP contribution in [0.1, 0.15) is 0 Å². The highest BCUT2D eigenvalue weighted by atomic mass is 31.2. The number of ether oxygens (including phenoxy) is 1. The second-order valence-corrected chi connectivity index (χ2v) is 7.73. The average Bonchev–Trinajstić information content (AvgIpc) is 3.13. The second-order valence-electron chi connectivity index (χ2n) is 6.49. The number of nitrogens with one attached hydrogen (secondary N) is 3. The Morgan fingerprint density at radius 2 is 2.25 bits per heavy atom. The molecule has 1 amide bonds. The van der Waals surface area contributed by atoms with Gasteiger partial charge in [0.15, 0.2) is 11.7 Å². The number of hydrogen-bond donors (Lipinski definition) is 5. The Kier molecular flexibility index (Phi) is 7.28. The molecule has 0 unspecified atom stereocenters. The lowest BCUT2D eigenvalue weighted by atomic mass is 10.1. The Labute approximate surface area is 181 Å². The van der Waals surface area contributed by atoms with Crippen molar-refractivity contribution in [2.75, 3.05) is 25.1 Å². The van der Waals surface area contributed by atoms with Crippen LogP contribution in [0.2, 0.25) is 0 Å². The van der Waals surface area contributed by atoms with Gasteiger partial charge < -0.3 is 25.4 Å². The number of cyclic esters (lactones) is 1. The maximum absolute atomic E-state index is 14.8. The van der Waals surface area contributed by atoms with Crippen molar-refractivity contribution in [2.24, 2.45) is 4.99 Å². The monoisotopic (exact) mass is 466 g/mol. The number of rotatable bonds is 8. The van der Waals surface area contributed by atoms with Gasteiger partial charge >= 0.3 is 13.9 Å². The quantitative estimate of drug-likeness (QED) is 0.168. The number of pyridine rings is 1. The number of phosphoric ester groups is 1. The third-order valence-electron chi connectivity index (χ3n) is 4.25. The van der Waals surface area contributed by atoms with Crippen molar-refractivity contribution in [3.63, 3.8) is 0 Å². The molecule has 1 fully saturated rings. The minimum atomic E-state index is -4.70. The van der Waals surface area contributed by atoms with E-state index in [9.17, 15) is 13.8 Å². The molecule has 0 spiro atoms. The summed E-state index contributed by atoms with van der Waals surface area (Å²) in [6.45, 7) is -0.543. The lowest BCUT2D eigenvalue weighted by Crippen LogP contribution is -2.34. The Hall–Kier alpha value is -3.22. The van der Waals surface area contributed by atoms with Crippen LogP contribution in [-0.4, -0.2) is 59.2 Å². The highest BCUT2D eigenvalue weighted by molar-refractivity contribution is 7.46. The summed E-state index contributed by atoms with van der Waals surface area (Å²) < 4.78 is 34.9. The van der Waals surface area contributed by atoms with Crippen molar-refractivity contribution < 1.29 is 32.8 Å². The molecule has 1 aromatic heterocycles. The molecule has 1 aliphatic heterocycles. The van der Waals surface area contributed by atoms with E-state index in [1.807, 2.05) is 0 Å². The summed E-state index contributed by atoms with van der Waals surface area (Å²) in [6.07, 6.45) is 0.754. The van der Waals surface area contributed by atoms with Crippen molar-refractivity contribution in [3.8, 4) is 11.1 Å². The zero-order valence-electron chi connectivity index (χ0n) is 16.7. The summed E-state index contributed by atoms with van der Waals surface area (Å²) in [5.74, 6) is -0.0546. The number of nitrogens with zero attached hydrogens (tertiary/aromatic N) is 3. The van der Waals surface area contributed by atoms with Gasteiger partial charge in [-0.25, -0.2) is 29.2 Å². The number of benzene rings is 1. The Morgan fingerprint density at radius 1 is 1.47 bits per heavy atom. The molecule has 1 aliphatic rings. The maximum atomic E-state index is 14.8. The van der Waals surface area contributed by atoms with Gasteiger partial charge in [0.05, 0.1) is 25.1 Å². The summed E-state index contributed by atoms with van der Waals surface area (Å²) in [5.41, 5.74) is 6.24. The van der Waals surface area contributed by atoms with E-state index in [4.69, 9.17) is 19.9 Å². The summed E-state index contributed by atoms with van der Waals surface area (Å²) >= 11 is 0. The summed E-state index contributed by atoms with van der Waals surface area (Å²) in [7, 11) is -3.07. The lowest BCUT2D eigenvalue weighted by Gasteiger charge is -2.14. The fourth-order valence-corrected chi connectivity index (χ4v) is 3.23. The number of carbonyl (C=O) groups is 1. The molecular weight excluding hydrogens is 446 g/mol. The van der Waals surface area contributed by atoms with Gasteiger partial charge in [0.2, 0.25) is 0 Å². The third kappa shape index (κ3) is 5.93. The molecule has 1 aromatic carbocycles. The predicted molar refractivity (Wildman–Crippen MR) is 113 cm³/mol. The van der Waals surface area contributed by atoms with Crippen molar-refractivity contribution >= 4 is 37.5 Å². The first-order valence-corrected chi connectivity index (χ1v) is 10.7. The van der Waals surface area contributed by atoms with Gasteiger partial charge in [-0.05, 0) is 30.3 Å². The zero-order valence-corrected chi connectivity index (χ0v) is 17.6. The number of hydrazine groups is 1. The van der Waals surface area contributed by atoms with Crippen molar-refractivity contribution in [2.45, 2.75) is 6.10 Å². The highest BCUT2D eigenvalue weighted by Gasteiger charge is 2.34. The first-order chi connectivity index (χ1) is 15.2. The lowest BCUT2D eigenvalue weighted by molar-refractivity contribution is 0.0880. The van der Waals surface area contributed by atoms with Crippen LogP contribution in [0.4, 0.5) is 20.7 Å². The molecule has 5 N–H and O–H groups in total. The van der Waals surface area contributed by atoms with Crippen LogP contribution >= 0.6 is 7.82 Å². The number of phosphoric acid groups is 1. The minimum Gasteiger partial charge on any atom is -0.441 e. The SMILES string of the molecule is CNNC(C=N)=Nc1ccc(-c2ccc(N3C[C@H](COP(=O)(O)O)OC3=O)cc2F)cn1. The highest BCUT2D eigenvalue weighted by Crippen LogP contribution is 2.37. The summed E-state index contributed by atoms with van der Waals surface area (Å²) in [5, 5.41) is 7.27. The van der Waals surface area contributed by atoms with E-state index in [0.717, 1.165) is 17.2 Å². The molecule has 0 bridgehead atoms. The minimum absolute atomic E-state index is 0.0537. The number of carbonyl (C=O) groups excluding carboxylic acids is 1. The van der Waals surface area contributed by atoms with Gasteiger partial charge in [0.1, 0.15) is 11.9 Å². The maximum Gasteiger partial charge on any atom is 0.469 e. The van der Waals surface area contributed by atoms with Crippen LogP contribution in [0.15, 0.2) is 41.5 Å². The molecule has 1 atom stereocenters. The van der Waals surface area contributed by atoms with Gasteiger partial charge in [-0.15, -0.1) is 0 Å². The van der Waals surface area contributed by atoms with E-state index in [1.165, 1.54) is 18.3 Å². The largest absolute Gasteiger partial charge is 0.469 e. The number of aliphatic imine (C=N–C) groups is 1. The standard InChI is InChI=1S/C18H20FN6O6P/c1-21-24-17(7-20)23-16-5-2-11(8-22-16)14-4-3-12(6-15(14)19)25-9-13(31-18(25)26)10-30-32(27,28)29/h2-8,13,20-21H,9-10H2,1H3,(H,22,23,24)(H2,27,28,29)/t13-/m1/s1. The number of amides is 1. The van der Waals surface area contributed by atoms with E-state index in [2.05, 4.69) is 25.4 Å². The fourth-order valence-electron chi connectivity index (χ4n) is 2.86. The molecule has 0 radical (unpaired) electrons. The van der Waals surface area contributed by atoms with E-state index in [0.29, 0.717) is 11.4 Å². The fraction of sp³-hybridized carbons (Fsp3) is 0.222. The van der Waals surface area contributed by atoms with Gasteiger partial charge in [0, 0.05) is 24.4 Å². The number of halogens is 1. The number of anilines is 1.